The highest BCUT2D eigenvalue weighted by Crippen LogP contribution is 2.45. The lowest BCUT2D eigenvalue weighted by Crippen LogP contribution is -2.20. The highest BCUT2D eigenvalue weighted by Gasteiger charge is 2.35. The topological polar surface area (TPSA) is 73.6 Å². The zero-order chi connectivity index (χ0) is 14.0. The quantitative estimate of drug-likeness (QED) is 0.388. The van der Waals surface area contributed by atoms with Gasteiger partial charge in [-0.3, -0.25) is 4.31 Å². The van der Waals surface area contributed by atoms with Crippen LogP contribution in [0.15, 0.2) is 34.4 Å². The van der Waals surface area contributed by atoms with Crippen LogP contribution in [-0.4, -0.2) is 16.8 Å². The number of hydrogen-bond acceptors (Lipinski definition) is 5. The van der Waals surface area contributed by atoms with Crippen molar-refractivity contribution in [3.63, 3.8) is 0 Å². The number of carboxylic acid groups (broad SMARTS) is 1. The third-order valence-electron chi connectivity index (χ3n) is 2.23. The Kier molecular flexibility index (Phi) is 4.10. The van der Waals surface area contributed by atoms with Crippen LogP contribution in [0.5, 0.6) is 0 Å². The number of anilines is 1. The number of rotatable bonds is 2. The molecule has 0 saturated heterocycles. The molecule has 1 aliphatic rings. The molecule has 0 amide bonds. The summed E-state index contributed by atoms with van der Waals surface area (Å²) in [6.45, 7) is 0. The molecule has 19 heavy (non-hydrogen) atoms. The first-order valence-corrected chi connectivity index (χ1v) is 6.54. The lowest BCUT2D eigenvalue weighted by atomic mass is 10.2. The summed E-state index contributed by atoms with van der Waals surface area (Å²) in [5.74, 6) is 0. The molecule has 1 aromatic carbocycles. The number of nitriles is 1. The highest BCUT2D eigenvalue weighted by atomic mass is 35.5. The van der Waals surface area contributed by atoms with Gasteiger partial charge in [0.2, 0.25) is 5.09 Å². The zero-order valence-electron chi connectivity index (χ0n) is 9.21. The van der Waals surface area contributed by atoms with Crippen molar-refractivity contribution in [3.05, 3.63) is 40.0 Å². The largest absolute Gasteiger partial charge is 0.511 e. The maximum atomic E-state index is 10.5. The predicted octanol–water partition coefficient (Wildman–Crippen LogP) is 3.69. The average Bonchev–Trinajstić information content (AvgIpc) is 2.66. The Morgan fingerprint density at radius 1 is 1.53 bits per heavy atom. The summed E-state index contributed by atoms with van der Waals surface area (Å²) in [7, 11) is 0. The van der Waals surface area contributed by atoms with E-state index in [9.17, 15) is 4.79 Å². The van der Waals surface area contributed by atoms with Gasteiger partial charge >= 0.3 is 6.16 Å². The molecule has 98 valence electrons. The first kappa shape index (κ1) is 13.9. The molecule has 5 nitrogen and oxygen atoms in total. The van der Waals surface area contributed by atoms with Crippen LogP contribution in [0.2, 0.25) is 0 Å². The number of alkyl halides is 1. The number of para-hydroxylation sites is 1. The van der Waals surface area contributed by atoms with Crippen molar-refractivity contribution in [3.8, 4) is 6.07 Å². The lowest BCUT2D eigenvalue weighted by Gasteiger charge is -2.21. The maximum absolute atomic E-state index is 10.5. The van der Waals surface area contributed by atoms with Crippen LogP contribution in [0.4, 0.5) is 10.5 Å². The van der Waals surface area contributed by atoms with Crippen molar-refractivity contribution in [2.24, 2.45) is 0 Å². The smallest absolute Gasteiger partial charge is 0.449 e. The number of hydrogen-bond donors (Lipinski definition) is 1. The summed E-state index contributed by atoms with van der Waals surface area (Å²) in [5, 5.41) is 17.7. The van der Waals surface area contributed by atoms with Gasteiger partial charge in [0, 0.05) is 11.9 Å². The molecule has 2 rings (SSSR count). The minimum Gasteiger partial charge on any atom is -0.449 e. The Hall–Kier alpha value is -1.55. The molecule has 1 heterocycles. The Bertz CT molecular complexity index is 600. The van der Waals surface area contributed by atoms with Crippen LogP contribution in [0.3, 0.4) is 0 Å². The van der Waals surface area contributed by atoms with E-state index >= 15 is 0 Å². The molecule has 1 atom stereocenters. The minimum absolute atomic E-state index is 0.0121. The maximum Gasteiger partial charge on any atom is 0.511 e. The van der Waals surface area contributed by atoms with Crippen LogP contribution >= 0.6 is 35.1 Å². The van der Waals surface area contributed by atoms with E-state index in [0.29, 0.717) is 11.3 Å². The summed E-state index contributed by atoms with van der Waals surface area (Å²) in [6.07, 6.45) is -1.47. The van der Waals surface area contributed by atoms with E-state index in [2.05, 4.69) is 4.74 Å². The van der Waals surface area contributed by atoms with Gasteiger partial charge in [0.05, 0.1) is 11.3 Å². The second-order valence-electron chi connectivity index (χ2n) is 3.39. The van der Waals surface area contributed by atoms with Gasteiger partial charge in [-0.2, -0.15) is 5.26 Å². The van der Waals surface area contributed by atoms with E-state index in [4.69, 9.17) is 33.6 Å². The Labute approximate surface area is 123 Å². The molecule has 0 radical (unpaired) electrons. The van der Waals surface area contributed by atoms with E-state index in [1.807, 2.05) is 6.07 Å². The summed E-state index contributed by atoms with van der Waals surface area (Å²) >= 11 is 13.0. The third kappa shape index (κ3) is 2.73. The van der Waals surface area contributed by atoms with Crippen molar-refractivity contribution in [1.82, 2.24) is 0 Å². The van der Waals surface area contributed by atoms with Gasteiger partial charge in [-0.1, -0.05) is 35.3 Å². The standard InChI is InChI=1S/C11H6Cl2N2O3S/c12-8-9(13)15(19-10(8)18-11(16)17)7-4-2-1-3-6(7)5-14/h1-4,9H,(H,16,17). The molecule has 8 heteroatoms. The molecule has 1 aliphatic heterocycles. The number of nitrogens with zero attached hydrogens (tertiary/aromatic N) is 2. The van der Waals surface area contributed by atoms with E-state index in [-0.39, 0.29) is 10.1 Å². The van der Waals surface area contributed by atoms with Gasteiger partial charge in [-0.25, -0.2) is 4.79 Å². The highest BCUT2D eigenvalue weighted by molar-refractivity contribution is 8.04. The first-order valence-electron chi connectivity index (χ1n) is 4.95. The number of benzene rings is 1. The SMILES string of the molecule is N#Cc1ccccc1N1SC(OC(=O)O)=C(Cl)C1Cl. The number of halogens is 2. The fourth-order valence-electron chi connectivity index (χ4n) is 1.46. The van der Waals surface area contributed by atoms with E-state index in [0.717, 1.165) is 11.9 Å². The fraction of sp³-hybridized carbons (Fsp3) is 0.0909. The Balaban J connectivity index is 2.31. The molecule has 1 unspecified atom stereocenters. The van der Waals surface area contributed by atoms with E-state index in [1.165, 1.54) is 4.31 Å². The van der Waals surface area contributed by atoms with Crippen molar-refractivity contribution in [2.45, 2.75) is 5.50 Å². The van der Waals surface area contributed by atoms with Crippen LogP contribution in [0, 0.1) is 11.3 Å². The molecule has 0 saturated carbocycles. The summed E-state index contributed by atoms with van der Waals surface area (Å²) in [4.78, 5) is 10.5. The molecule has 1 aromatic rings. The molecule has 0 aromatic heterocycles. The Morgan fingerprint density at radius 2 is 2.21 bits per heavy atom. The van der Waals surface area contributed by atoms with Gasteiger partial charge in [0.25, 0.3) is 0 Å². The van der Waals surface area contributed by atoms with Crippen LogP contribution < -0.4 is 4.31 Å². The van der Waals surface area contributed by atoms with Crippen LogP contribution in [0.25, 0.3) is 0 Å². The van der Waals surface area contributed by atoms with E-state index in [1.54, 1.807) is 24.3 Å². The molecular weight excluding hydrogens is 311 g/mol. The van der Waals surface area contributed by atoms with Gasteiger partial charge in [-0.05, 0) is 12.1 Å². The van der Waals surface area contributed by atoms with Crippen molar-refractivity contribution in [2.75, 3.05) is 4.31 Å². The zero-order valence-corrected chi connectivity index (χ0v) is 11.5. The number of ether oxygens (including phenoxy) is 1. The van der Waals surface area contributed by atoms with Crippen molar-refractivity contribution >= 4 is 47.0 Å². The summed E-state index contributed by atoms with van der Waals surface area (Å²) < 4.78 is 6.05. The molecule has 0 spiro atoms. The second-order valence-corrected chi connectivity index (χ2v) is 5.15. The molecule has 1 N–H and O–H groups in total. The average molecular weight is 317 g/mol. The minimum atomic E-state index is -1.47. The first-order chi connectivity index (χ1) is 9.04. The monoisotopic (exact) mass is 316 g/mol. The van der Waals surface area contributed by atoms with Gasteiger partial charge < -0.3 is 9.84 Å². The molecule has 0 fully saturated rings. The number of carbonyl (C=O) groups is 1. The fourth-order valence-corrected chi connectivity index (χ4v) is 3.09. The van der Waals surface area contributed by atoms with Gasteiger partial charge in [0.15, 0.2) is 5.50 Å². The molecule has 0 aliphatic carbocycles. The normalized spacial score (nSPS) is 18.4. The molecule has 0 bridgehead atoms. The summed E-state index contributed by atoms with van der Waals surface area (Å²) in [6, 6.07) is 8.81. The third-order valence-corrected chi connectivity index (χ3v) is 4.44. The predicted molar refractivity (Wildman–Crippen MR) is 72.9 cm³/mol. The lowest BCUT2D eigenvalue weighted by molar-refractivity contribution is 0.125. The van der Waals surface area contributed by atoms with Crippen molar-refractivity contribution < 1.29 is 14.6 Å². The van der Waals surface area contributed by atoms with E-state index < -0.39 is 11.7 Å². The molecular formula is C11H6Cl2N2O3S. The van der Waals surface area contributed by atoms with Gasteiger partial charge in [0.1, 0.15) is 11.1 Å². The summed E-state index contributed by atoms with van der Waals surface area (Å²) in [5.41, 5.74) is 0.148. The van der Waals surface area contributed by atoms with Gasteiger partial charge in [-0.15, -0.1) is 0 Å². The van der Waals surface area contributed by atoms with Crippen LogP contribution in [0.1, 0.15) is 5.56 Å². The second kappa shape index (κ2) is 5.61. The van der Waals surface area contributed by atoms with Crippen LogP contribution in [-0.2, 0) is 4.74 Å². The Morgan fingerprint density at radius 3 is 2.84 bits per heavy atom. The van der Waals surface area contributed by atoms with Crippen molar-refractivity contribution in [1.29, 1.82) is 5.26 Å².